The Morgan fingerprint density at radius 2 is 1.96 bits per heavy atom. The van der Waals surface area contributed by atoms with Gasteiger partial charge in [-0.3, -0.25) is 9.69 Å². The van der Waals surface area contributed by atoms with Crippen LogP contribution in [0.1, 0.15) is 24.1 Å². The van der Waals surface area contributed by atoms with Crippen molar-refractivity contribution < 1.29 is 4.79 Å². The Kier molecular flexibility index (Phi) is 5.40. The molecule has 0 spiro atoms. The van der Waals surface area contributed by atoms with Crippen molar-refractivity contribution in [3.63, 3.8) is 0 Å². The van der Waals surface area contributed by atoms with E-state index in [4.69, 9.17) is 0 Å². The van der Waals surface area contributed by atoms with Crippen molar-refractivity contribution in [3.8, 4) is 0 Å². The third-order valence-corrected chi connectivity index (χ3v) is 5.97. The predicted octanol–water partition coefficient (Wildman–Crippen LogP) is 0.464. The minimum atomic E-state index is 0.0771. The third-order valence-electron chi connectivity index (χ3n) is 4.93. The van der Waals surface area contributed by atoms with Crippen LogP contribution in [0.5, 0.6) is 0 Å². The van der Waals surface area contributed by atoms with E-state index < -0.39 is 0 Å². The van der Waals surface area contributed by atoms with Gasteiger partial charge in [0.25, 0.3) is 0 Å². The van der Waals surface area contributed by atoms with Crippen molar-refractivity contribution in [2.24, 2.45) is 0 Å². The quantitative estimate of drug-likeness (QED) is 0.750. The van der Waals surface area contributed by atoms with Crippen molar-refractivity contribution in [1.29, 1.82) is 0 Å². The molecule has 0 aromatic carbocycles. The van der Waals surface area contributed by atoms with Gasteiger partial charge in [-0.05, 0) is 29.7 Å². The highest BCUT2D eigenvalue weighted by Gasteiger charge is 2.21. The van der Waals surface area contributed by atoms with E-state index >= 15 is 0 Å². The van der Waals surface area contributed by atoms with E-state index in [1.54, 1.807) is 0 Å². The molecular formula is C16H24N8OS. The summed E-state index contributed by atoms with van der Waals surface area (Å²) < 4.78 is 1.47. The number of tetrazole rings is 1. The van der Waals surface area contributed by atoms with Gasteiger partial charge in [0, 0.05) is 56.9 Å². The summed E-state index contributed by atoms with van der Waals surface area (Å²) in [6.07, 6.45) is 7.03. The molecule has 0 aliphatic carbocycles. The normalized spacial score (nSPS) is 19.1. The molecule has 0 atom stereocenters. The molecule has 4 heterocycles. The molecule has 140 valence electrons. The van der Waals surface area contributed by atoms with Gasteiger partial charge in [-0.15, -0.1) is 16.4 Å². The number of rotatable bonds is 5. The summed E-state index contributed by atoms with van der Waals surface area (Å²) in [4.78, 5) is 25.0. The van der Waals surface area contributed by atoms with E-state index in [-0.39, 0.29) is 12.5 Å². The molecule has 9 nitrogen and oxygen atoms in total. The fraction of sp³-hybridized carbons (Fsp3) is 0.688. The maximum absolute atomic E-state index is 12.4. The molecule has 2 saturated heterocycles. The number of hydrogen-bond donors (Lipinski definition) is 0. The van der Waals surface area contributed by atoms with Crippen molar-refractivity contribution in [2.75, 3.05) is 44.2 Å². The van der Waals surface area contributed by atoms with Crippen LogP contribution in [0, 0.1) is 0 Å². The lowest BCUT2D eigenvalue weighted by molar-refractivity contribution is -0.131. The summed E-state index contributed by atoms with van der Waals surface area (Å²) in [6.45, 7) is 6.83. The van der Waals surface area contributed by atoms with Crippen LogP contribution in [0.2, 0.25) is 0 Å². The SMILES string of the molecule is O=C(Cn1cnnn1)N1CCCN(Cc2cnc(N3CCCC3)s2)CC1. The summed E-state index contributed by atoms with van der Waals surface area (Å²) >= 11 is 1.81. The van der Waals surface area contributed by atoms with Crippen LogP contribution >= 0.6 is 11.3 Å². The number of carbonyl (C=O) groups is 1. The molecule has 0 bridgehead atoms. The highest BCUT2D eigenvalue weighted by Crippen LogP contribution is 2.26. The minimum absolute atomic E-state index is 0.0771. The van der Waals surface area contributed by atoms with Gasteiger partial charge < -0.3 is 9.80 Å². The average molecular weight is 376 g/mol. The number of carbonyl (C=O) groups excluding carboxylic acids is 1. The fourth-order valence-corrected chi connectivity index (χ4v) is 4.52. The Morgan fingerprint density at radius 3 is 2.77 bits per heavy atom. The molecule has 2 aromatic rings. The van der Waals surface area contributed by atoms with Gasteiger partial charge in [-0.1, -0.05) is 0 Å². The molecule has 1 amide bonds. The zero-order chi connectivity index (χ0) is 17.8. The smallest absolute Gasteiger partial charge is 0.244 e. The van der Waals surface area contributed by atoms with Gasteiger partial charge in [0.1, 0.15) is 12.9 Å². The lowest BCUT2D eigenvalue weighted by Gasteiger charge is -2.21. The number of nitrogens with zero attached hydrogens (tertiary/aromatic N) is 8. The first-order valence-electron chi connectivity index (χ1n) is 9.18. The molecule has 4 rings (SSSR count). The molecule has 0 unspecified atom stereocenters. The second-order valence-corrected chi connectivity index (χ2v) is 7.91. The first kappa shape index (κ1) is 17.3. The zero-order valence-electron chi connectivity index (χ0n) is 14.8. The summed E-state index contributed by atoms with van der Waals surface area (Å²) in [5, 5.41) is 12.1. The lowest BCUT2D eigenvalue weighted by Crippen LogP contribution is -2.37. The number of hydrogen-bond acceptors (Lipinski definition) is 8. The molecule has 10 heteroatoms. The van der Waals surface area contributed by atoms with Gasteiger partial charge in [-0.25, -0.2) is 9.67 Å². The van der Waals surface area contributed by atoms with Crippen molar-refractivity contribution in [3.05, 3.63) is 17.4 Å². The summed E-state index contributed by atoms with van der Waals surface area (Å²) in [7, 11) is 0. The third kappa shape index (κ3) is 4.18. The van der Waals surface area contributed by atoms with Crippen LogP contribution in [0.3, 0.4) is 0 Å². The first-order valence-corrected chi connectivity index (χ1v) is 10.00. The number of thiazole rings is 1. The summed E-state index contributed by atoms with van der Waals surface area (Å²) in [5.74, 6) is 0.0771. The molecule has 0 radical (unpaired) electrons. The Bertz CT molecular complexity index is 712. The van der Waals surface area contributed by atoms with Crippen LogP contribution in [-0.4, -0.2) is 80.2 Å². The summed E-state index contributed by atoms with van der Waals surface area (Å²) in [5.41, 5.74) is 0. The molecule has 0 N–H and O–H groups in total. The Labute approximate surface area is 156 Å². The van der Waals surface area contributed by atoms with E-state index in [0.717, 1.165) is 57.4 Å². The minimum Gasteiger partial charge on any atom is -0.348 e. The largest absolute Gasteiger partial charge is 0.348 e. The number of anilines is 1. The molecule has 2 aliphatic heterocycles. The summed E-state index contributed by atoms with van der Waals surface area (Å²) in [6, 6.07) is 0. The predicted molar refractivity (Wildman–Crippen MR) is 97.9 cm³/mol. The van der Waals surface area contributed by atoms with Crippen molar-refractivity contribution >= 4 is 22.4 Å². The zero-order valence-corrected chi connectivity index (χ0v) is 15.6. The molecule has 26 heavy (non-hydrogen) atoms. The van der Waals surface area contributed by atoms with Crippen LogP contribution < -0.4 is 4.90 Å². The highest BCUT2D eigenvalue weighted by atomic mass is 32.1. The molecule has 2 aromatic heterocycles. The standard InChI is InChI=1S/C16H24N8OS/c25-15(12-24-13-18-19-20-24)22-7-3-4-21(8-9-22)11-14-10-17-16(26-14)23-5-1-2-6-23/h10,13H,1-9,11-12H2. The van der Waals surface area contributed by atoms with Crippen molar-refractivity contribution in [1.82, 2.24) is 35.0 Å². The number of aromatic nitrogens is 5. The Hall–Kier alpha value is -2.07. The molecule has 2 aliphatic rings. The van der Waals surface area contributed by atoms with Gasteiger partial charge in [0.05, 0.1) is 0 Å². The van der Waals surface area contributed by atoms with Crippen LogP contribution in [-0.2, 0) is 17.9 Å². The maximum atomic E-state index is 12.4. The van der Waals surface area contributed by atoms with Crippen LogP contribution in [0.25, 0.3) is 0 Å². The van der Waals surface area contributed by atoms with Gasteiger partial charge in [0.15, 0.2) is 5.13 Å². The van der Waals surface area contributed by atoms with Crippen molar-refractivity contribution in [2.45, 2.75) is 32.4 Å². The monoisotopic (exact) mass is 376 g/mol. The van der Waals surface area contributed by atoms with Gasteiger partial charge in [-0.2, -0.15) is 0 Å². The van der Waals surface area contributed by atoms with Gasteiger partial charge >= 0.3 is 0 Å². The second-order valence-electron chi connectivity index (χ2n) is 6.82. The topological polar surface area (TPSA) is 83.3 Å². The first-order chi connectivity index (χ1) is 12.8. The maximum Gasteiger partial charge on any atom is 0.244 e. The second kappa shape index (κ2) is 8.09. The van der Waals surface area contributed by atoms with Gasteiger partial charge in [0.2, 0.25) is 5.91 Å². The van der Waals surface area contributed by atoms with Crippen LogP contribution in [0.15, 0.2) is 12.5 Å². The van der Waals surface area contributed by atoms with E-state index in [1.165, 1.54) is 28.7 Å². The van der Waals surface area contributed by atoms with E-state index in [0.29, 0.717) is 0 Å². The lowest BCUT2D eigenvalue weighted by atomic mass is 10.3. The number of amides is 1. The molecule has 0 saturated carbocycles. The fourth-order valence-electron chi connectivity index (χ4n) is 3.52. The Morgan fingerprint density at radius 1 is 1.08 bits per heavy atom. The Balaban J connectivity index is 1.29. The molecular weight excluding hydrogens is 352 g/mol. The van der Waals surface area contributed by atoms with E-state index in [1.807, 2.05) is 22.4 Å². The van der Waals surface area contributed by atoms with E-state index in [9.17, 15) is 4.79 Å². The molecule has 2 fully saturated rings. The van der Waals surface area contributed by atoms with Crippen LogP contribution in [0.4, 0.5) is 5.13 Å². The average Bonchev–Trinajstić information content (AvgIpc) is 3.37. The highest BCUT2D eigenvalue weighted by molar-refractivity contribution is 7.15. The van der Waals surface area contributed by atoms with E-state index in [2.05, 4.69) is 30.3 Å².